The van der Waals surface area contributed by atoms with Gasteiger partial charge in [0.25, 0.3) is 0 Å². The van der Waals surface area contributed by atoms with Gasteiger partial charge in [0.1, 0.15) is 0 Å². The van der Waals surface area contributed by atoms with Crippen LogP contribution in [0.1, 0.15) is 53.9 Å². The van der Waals surface area contributed by atoms with Crippen LogP contribution in [0.25, 0.3) is 0 Å². The minimum absolute atomic E-state index is 0.272. The maximum absolute atomic E-state index is 6.03. The molecule has 0 radical (unpaired) electrons. The van der Waals surface area contributed by atoms with Gasteiger partial charge >= 0.3 is 0 Å². The Morgan fingerprint density at radius 3 is 2.16 bits per heavy atom. The van der Waals surface area contributed by atoms with Gasteiger partial charge < -0.3 is 4.43 Å². The van der Waals surface area contributed by atoms with E-state index in [1.54, 1.807) is 0 Å². The van der Waals surface area contributed by atoms with E-state index in [1.165, 1.54) is 12.8 Å². The summed E-state index contributed by atoms with van der Waals surface area (Å²) < 4.78 is 6.03. The molecule has 2 unspecified atom stereocenters. The molecule has 0 amide bonds. The van der Waals surface area contributed by atoms with Crippen molar-refractivity contribution in [2.45, 2.75) is 76.8 Å². The van der Waals surface area contributed by atoms with Crippen LogP contribution in [0.5, 0.6) is 0 Å². The molecule has 0 aromatic rings. The Morgan fingerprint density at radius 2 is 1.68 bits per heavy atom. The van der Waals surface area contributed by atoms with Crippen LogP contribution in [0.2, 0.25) is 18.1 Å². The zero-order chi connectivity index (χ0) is 15.1. The molecular formula is C16H31BrOSi. The first-order chi connectivity index (χ1) is 8.56. The molecule has 0 aromatic carbocycles. The summed E-state index contributed by atoms with van der Waals surface area (Å²) in [5.74, 6) is 7.13. The summed E-state index contributed by atoms with van der Waals surface area (Å²) in [6, 6.07) is 0. The normalized spacial score (nSPS) is 15.6. The van der Waals surface area contributed by atoms with Gasteiger partial charge in [-0.15, -0.1) is 5.92 Å². The number of halogens is 1. The highest BCUT2D eigenvalue weighted by atomic mass is 79.9. The second kappa shape index (κ2) is 8.49. The van der Waals surface area contributed by atoms with Gasteiger partial charge in [-0.25, -0.2) is 0 Å². The Hall–Kier alpha value is 0.217. The fraction of sp³-hybridized carbons (Fsp3) is 0.875. The zero-order valence-electron chi connectivity index (χ0n) is 13.8. The van der Waals surface area contributed by atoms with Crippen molar-refractivity contribution >= 4 is 24.2 Å². The molecule has 0 heterocycles. The minimum Gasteiger partial charge on any atom is -0.406 e. The maximum atomic E-state index is 6.03. The zero-order valence-corrected chi connectivity index (χ0v) is 16.4. The van der Waals surface area contributed by atoms with E-state index in [9.17, 15) is 0 Å². The largest absolute Gasteiger partial charge is 0.406 e. The molecule has 0 aromatic heterocycles. The molecule has 0 saturated carbocycles. The van der Waals surface area contributed by atoms with E-state index in [1.807, 2.05) is 0 Å². The molecule has 0 bridgehead atoms. The molecule has 0 N–H and O–H groups in total. The van der Waals surface area contributed by atoms with Crippen LogP contribution in [-0.4, -0.2) is 19.8 Å². The first-order valence-corrected chi connectivity index (χ1v) is 11.1. The molecule has 19 heavy (non-hydrogen) atoms. The van der Waals surface area contributed by atoms with Crippen molar-refractivity contribution in [3.8, 4) is 11.8 Å². The van der Waals surface area contributed by atoms with Gasteiger partial charge in [-0.05, 0) is 36.9 Å². The molecule has 112 valence electrons. The van der Waals surface area contributed by atoms with E-state index in [4.69, 9.17) is 4.43 Å². The van der Waals surface area contributed by atoms with Crippen molar-refractivity contribution < 1.29 is 4.43 Å². The van der Waals surface area contributed by atoms with Crippen molar-refractivity contribution in [2.24, 2.45) is 5.92 Å². The third-order valence-corrected chi connectivity index (χ3v) is 8.88. The second-order valence-corrected chi connectivity index (χ2v) is 13.4. The minimum atomic E-state index is -1.62. The number of hydrogen-bond donors (Lipinski definition) is 0. The first kappa shape index (κ1) is 19.2. The Balaban J connectivity index is 3.94. The van der Waals surface area contributed by atoms with Gasteiger partial charge in [-0.3, -0.25) is 0 Å². The monoisotopic (exact) mass is 346 g/mol. The summed E-state index contributed by atoms with van der Waals surface area (Å²) in [6.07, 6.45) is 3.45. The number of rotatable bonds is 6. The van der Waals surface area contributed by atoms with Crippen molar-refractivity contribution in [3.05, 3.63) is 0 Å². The van der Waals surface area contributed by atoms with E-state index >= 15 is 0 Å². The molecule has 0 aliphatic carbocycles. The lowest BCUT2D eigenvalue weighted by molar-refractivity contribution is 0.334. The number of alkyl halides is 1. The SMILES string of the molecule is CC(Br)CCC(C)CC#CCO[Si](C)(C)C(C)(C)C. The highest BCUT2D eigenvalue weighted by Crippen LogP contribution is 2.36. The van der Waals surface area contributed by atoms with Crippen LogP contribution < -0.4 is 0 Å². The summed E-state index contributed by atoms with van der Waals surface area (Å²) in [7, 11) is -1.62. The summed E-state index contributed by atoms with van der Waals surface area (Å²) in [6.45, 7) is 16.4. The molecule has 1 nitrogen and oxygen atoms in total. The van der Waals surface area contributed by atoms with E-state index in [-0.39, 0.29) is 5.04 Å². The highest BCUT2D eigenvalue weighted by Gasteiger charge is 2.36. The van der Waals surface area contributed by atoms with Crippen molar-refractivity contribution in [3.63, 3.8) is 0 Å². The number of hydrogen-bond acceptors (Lipinski definition) is 1. The fourth-order valence-corrected chi connectivity index (χ4v) is 2.48. The molecule has 0 aliphatic heterocycles. The molecule has 2 atom stereocenters. The molecular weight excluding hydrogens is 316 g/mol. The lowest BCUT2D eigenvalue weighted by Gasteiger charge is -2.35. The maximum Gasteiger partial charge on any atom is 0.193 e. The lowest BCUT2D eigenvalue weighted by Crippen LogP contribution is -2.40. The summed E-state index contributed by atoms with van der Waals surface area (Å²) in [5.41, 5.74) is 0. The summed E-state index contributed by atoms with van der Waals surface area (Å²) in [5, 5.41) is 0.272. The summed E-state index contributed by atoms with van der Waals surface area (Å²) in [4.78, 5) is 0.616. The second-order valence-electron chi connectivity index (χ2n) is 7.07. The average molecular weight is 347 g/mol. The molecule has 3 heteroatoms. The third kappa shape index (κ3) is 8.89. The van der Waals surface area contributed by atoms with E-state index in [0.717, 1.165) is 6.42 Å². The van der Waals surface area contributed by atoms with E-state index < -0.39 is 8.32 Å². The van der Waals surface area contributed by atoms with Crippen LogP contribution in [0.4, 0.5) is 0 Å². The van der Waals surface area contributed by atoms with Crippen LogP contribution >= 0.6 is 15.9 Å². The Morgan fingerprint density at radius 1 is 1.11 bits per heavy atom. The van der Waals surface area contributed by atoms with Gasteiger partial charge in [0.2, 0.25) is 0 Å². The van der Waals surface area contributed by atoms with E-state index in [2.05, 4.69) is 75.5 Å². The van der Waals surface area contributed by atoms with Crippen molar-refractivity contribution in [1.82, 2.24) is 0 Å². The van der Waals surface area contributed by atoms with Gasteiger partial charge in [-0.1, -0.05) is 56.5 Å². The smallest absolute Gasteiger partial charge is 0.193 e. The Labute approximate surface area is 130 Å². The molecule has 0 aliphatic rings. The van der Waals surface area contributed by atoms with Gasteiger partial charge in [0.15, 0.2) is 8.32 Å². The Bertz CT molecular complexity index is 307. The third-order valence-electron chi connectivity index (χ3n) is 3.94. The predicted octanol–water partition coefficient (Wildman–Crippen LogP) is 5.60. The van der Waals surface area contributed by atoms with Crippen LogP contribution in [-0.2, 0) is 4.43 Å². The highest BCUT2D eigenvalue weighted by molar-refractivity contribution is 9.09. The molecule has 0 saturated heterocycles. The quantitative estimate of drug-likeness (QED) is 0.345. The fourth-order valence-electron chi connectivity index (χ4n) is 1.35. The lowest BCUT2D eigenvalue weighted by atomic mass is 10.0. The van der Waals surface area contributed by atoms with Crippen LogP contribution in [0.15, 0.2) is 0 Å². The topological polar surface area (TPSA) is 9.23 Å². The van der Waals surface area contributed by atoms with E-state index in [0.29, 0.717) is 17.4 Å². The Kier molecular flexibility index (Phi) is 8.59. The first-order valence-electron chi connectivity index (χ1n) is 7.30. The standard InChI is InChI=1S/C16H31BrOSi/c1-14(11-12-15(2)17)10-8-9-13-18-19(6,7)16(3,4)5/h14-15H,10-13H2,1-7H3. The molecule has 0 spiro atoms. The molecule has 0 fully saturated rings. The molecule has 0 rings (SSSR count). The van der Waals surface area contributed by atoms with Crippen LogP contribution in [0.3, 0.4) is 0 Å². The summed E-state index contributed by atoms with van der Waals surface area (Å²) >= 11 is 3.58. The predicted molar refractivity (Wildman–Crippen MR) is 92.3 cm³/mol. The van der Waals surface area contributed by atoms with Gasteiger partial charge in [0, 0.05) is 11.2 Å². The van der Waals surface area contributed by atoms with Crippen molar-refractivity contribution in [2.75, 3.05) is 6.61 Å². The van der Waals surface area contributed by atoms with Crippen molar-refractivity contribution in [1.29, 1.82) is 0 Å². The van der Waals surface area contributed by atoms with Gasteiger partial charge in [0.05, 0.1) is 6.61 Å². The van der Waals surface area contributed by atoms with Gasteiger partial charge in [-0.2, -0.15) is 0 Å². The average Bonchev–Trinajstić information content (AvgIpc) is 2.24. The van der Waals surface area contributed by atoms with Crippen LogP contribution in [0, 0.1) is 17.8 Å².